The topological polar surface area (TPSA) is 98.7 Å². The van der Waals surface area contributed by atoms with Crippen LogP contribution < -0.4 is 10.6 Å². The van der Waals surface area contributed by atoms with Gasteiger partial charge in [0.05, 0.1) is 29.2 Å². The Kier molecular flexibility index (Phi) is 8.22. The lowest BCUT2D eigenvalue weighted by molar-refractivity contribution is -0.142. The molecule has 3 aliphatic heterocycles. The zero-order valence-electron chi connectivity index (χ0n) is 21.4. The fraction of sp³-hybridized carbons (Fsp3) is 0.679. The Morgan fingerprint density at radius 1 is 1.19 bits per heavy atom. The number of aliphatic hydroxyl groups excluding tert-OH is 1. The van der Waals surface area contributed by atoms with Crippen molar-refractivity contribution in [2.45, 2.75) is 91.2 Å². The number of hydrogen-bond donors (Lipinski definition) is 3. The largest absolute Gasteiger partial charge is 0.394 e. The zero-order chi connectivity index (χ0) is 26.2. The molecule has 3 saturated heterocycles. The van der Waals surface area contributed by atoms with Crippen molar-refractivity contribution in [3.8, 4) is 0 Å². The summed E-state index contributed by atoms with van der Waals surface area (Å²) < 4.78 is -0.688. The number of nitrogens with one attached hydrogen (secondary N) is 2. The van der Waals surface area contributed by atoms with Crippen molar-refractivity contribution in [3.63, 3.8) is 0 Å². The predicted octanol–water partition coefficient (Wildman–Crippen LogP) is 3.03. The number of carbonyl (C=O) groups excluding carboxylic acids is 3. The molecular formula is C28H38BrN3O4S. The monoisotopic (exact) mass is 591 g/mol. The lowest BCUT2D eigenvalue weighted by Crippen LogP contribution is -2.58. The summed E-state index contributed by atoms with van der Waals surface area (Å²) >= 11 is 5.47. The summed E-state index contributed by atoms with van der Waals surface area (Å²) in [7, 11) is 0. The molecule has 2 bridgehead atoms. The van der Waals surface area contributed by atoms with Crippen molar-refractivity contribution >= 4 is 45.4 Å². The molecule has 5 rings (SSSR count). The highest BCUT2D eigenvalue weighted by Crippen LogP contribution is 2.68. The minimum Gasteiger partial charge on any atom is -0.394 e. The SMILES string of the molecule is CCCNC(=O)[C@H]1[C@H]2C(=O)N([C@@H](CO)Cc3ccccc3)C(C(=O)NC3CCCCC3)C23CC(Br)[C@@H]1S3. The summed E-state index contributed by atoms with van der Waals surface area (Å²) in [5.74, 6) is -1.45. The molecule has 1 aromatic carbocycles. The van der Waals surface area contributed by atoms with Crippen molar-refractivity contribution < 1.29 is 19.5 Å². The smallest absolute Gasteiger partial charge is 0.244 e. The number of fused-ring (bicyclic) bond motifs is 1. The molecule has 202 valence electrons. The van der Waals surface area contributed by atoms with E-state index < -0.39 is 28.7 Å². The molecule has 0 radical (unpaired) electrons. The molecule has 3 unspecified atom stereocenters. The average Bonchev–Trinajstić information content (AvgIpc) is 3.50. The fourth-order valence-corrected chi connectivity index (χ4v) is 10.7. The molecule has 9 heteroatoms. The summed E-state index contributed by atoms with van der Waals surface area (Å²) in [6, 6.07) is 8.64. The lowest BCUT2D eigenvalue weighted by Gasteiger charge is -2.38. The van der Waals surface area contributed by atoms with E-state index >= 15 is 0 Å². The van der Waals surface area contributed by atoms with Gasteiger partial charge < -0.3 is 20.6 Å². The van der Waals surface area contributed by atoms with Crippen LogP contribution in [0, 0.1) is 11.8 Å². The van der Waals surface area contributed by atoms with Crippen LogP contribution in [0.2, 0.25) is 0 Å². The highest BCUT2D eigenvalue weighted by atomic mass is 79.9. The molecule has 4 fully saturated rings. The molecule has 37 heavy (non-hydrogen) atoms. The van der Waals surface area contributed by atoms with E-state index in [2.05, 4.69) is 26.6 Å². The number of alkyl halides is 1. The third-order valence-corrected chi connectivity index (χ3v) is 11.9. The van der Waals surface area contributed by atoms with Crippen molar-refractivity contribution in [3.05, 3.63) is 35.9 Å². The highest BCUT2D eigenvalue weighted by molar-refractivity contribution is 9.09. The fourth-order valence-electron chi connectivity index (χ4n) is 7.09. The van der Waals surface area contributed by atoms with Gasteiger partial charge in [0.25, 0.3) is 0 Å². The van der Waals surface area contributed by atoms with Crippen LogP contribution in [0.3, 0.4) is 0 Å². The second-order valence-electron chi connectivity index (χ2n) is 11.1. The molecular weight excluding hydrogens is 554 g/mol. The van der Waals surface area contributed by atoms with Crippen LogP contribution >= 0.6 is 27.7 Å². The van der Waals surface area contributed by atoms with Crippen LogP contribution in [-0.4, -0.2) is 73.8 Å². The molecule has 3 heterocycles. The molecule has 1 saturated carbocycles. The van der Waals surface area contributed by atoms with E-state index in [1.165, 1.54) is 6.42 Å². The average molecular weight is 593 g/mol. The van der Waals surface area contributed by atoms with E-state index in [1.807, 2.05) is 37.3 Å². The van der Waals surface area contributed by atoms with Crippen molar-refractivity contribution in [2.75, 3.05) is 13.2 Å². The molecule has 1 aromatic rings. The maximum Gasteiger partial charge on any atom is 0.244 e. The Hall–Kier alpha value is -1.58. The van der Waals surface area contributed by atoms with Crippen LogP contribution in [-0.2, 0) is 20.8 Å². The second-order valence-corrected chi connectivity index (χ2v) is 13.8. The van der Waals surface area contributed by atoms with Crippen LogP contribution in [0.1, 0.15) is 57.4 Å². The Morgan fingerprint density at radius 2 is 1.92 bits per heavy atom. The Labute approximate surface area is 232 Å². The van der Waals surface area contributed by atoms with Crippen molar-refractivity contribution in [1.29, 1.82) is 0 Å². The first-order valence-corrected chi connectivity index (χ1v) is 15.6. The molecule has 1 spiro atoms. The number of hydrogen-bond acceptors (Lipinski definition) is 5. The molecule has 3 N–H and O–H groups in total. The number of likely N-dealkylation sites (tertiary alicyclic amines) is 1. The van der Waals surface area contributed by atoms with Crippen molar-refractivity contribution in [2.24, 2.45) is 11.8 Å². The van der Waals surface area contributed by atoms with Crippen molar-refractivity contribution in [1.82, 2.24) is 15.5 Å². The maximum atomic E-state index is 14.3. The number of aliphatic hydroxyl groups is 1. The van der Waals surface area contributed by atoms with Gasteiger partial charge in [0.15, 0.2) is 0 Å². The van der Waals surface area contributed by atoms with Crippen LogP contribution in [0.25, 0.3) is 0 Å². The third kappa shape index (κ3) is 4.84. The zero-order valence-corrected chi connectivity index (χ0v) is 23.8. The first-order chi connectivity index (χ1) is 17.9. The summed E-state index contributed by atoms with van der Waals surface area (Å²) in [4.78, 5) is 43.5. The number of thioether (sulfide) groups is 1. The van der Waals surface area contributed by atoms with Crippen LogP contribution in [0.4, 0.5) is 0 Å². The van der Waals surface area contributed by atoms with E-state index in [0.29, 0.717) is 19.4 Å². The molecule has 7 atom stereocenters. The van der Waals surface area contributed by atoms with Gasteiger partial charge in [-0.3, -0.25) is 14.4 Å². The Morgan fingerprint density at radius 3 is 2.59 bits per heavy atom. The van der Waals surface area contributed by atoms with E-state index in [-0.39, 0.29) is 40.4 Å². The number of carbonyl (C=O) groups is 3. The summed E-state index contributed by atoms with van der Waals surface area (Å²) in [5.41, 5.74) is 1.00. The highest BCUT2D eigenvalue weighted by Gasteiger charge is 2.76. The van der Waals surface area contributed by atoms with E-state index in [0.717, 1.165) is 37.7 Å². The Balaban J connectivity index is 1.51. The molecule has 7 nitrogen and oxygen atoms in total. The number of amides is 3. The second kappa shape index (κ2) is 11.3. The molecule has 1 aliphatic carbocycles. The van der Waals surface area contributed by atoms with Gasteiger partial charge in [-0.25, -0.2) is 0 Å². The van der Waals surface area contributed by atoms with Gasteiger partial charge in [0.2, 0.25) is 17.7 Å². The van der Waals surface area contributed by atoms with Gasteiger partial charge in [-0.15, -0.1) is 11.8 Å². The quantitative estimate of drug-likeness (QED) is 0.383. The minimum absolute atomic E-state index is 0.0468. The number of nitrogens with zero attached hydrogens (tertiary/aromatic N) is 1. The van der Waals surface area contributed by atoms with E-state index in [4.69, 9.17) is 0 Å². The normalized spacial score (nSPS) is 33.9. The van der Waals surface area contributed by atoms with Gasteiger partial charge in [-0.1, -0.05) is 72.4 Å². The standard InChI is InChI=1S/C28H38BrN3O4S/c1-2-13-30-25(34)21-22-27(36)32(19(16-33)14-17-9-5-3-6-10-17)24(28(22)15-20(29)23(21)37-28)26(35)31-18-11-7-4-8-12-18/h3,5-6,9-10,18-24,33H,2,4,7-8,11-16H2,1H3,(H,30,34)(H,31,35)/t19-,20?,21+,22+,23+,24?,28?/m1/s1. The Bertz CT molecular complexity index is 1010. The summed E-state index contributed by atoms with van der Waals surface area (Å²) in [5, 5.41) is 16.8. The number of rotatable bonds is 9. The van der Waals surface area contributed by atoms with Gasteiger partial charge in [0.1, 0.15) is 6.04 Å². The predicted molar refractivity (Wildman–Crippen MR) is 148 cm³/mol. The molecule has 4 aliphatic rings. The minimum atomic E-state index is -0.716. The summed E-state index contributed by atoms with van der Waals surface area (Å²) in [6.45, 7) is 2.33. The number of halogens is 1. The van der Waals surface area contributed by atoms with Gasteiger partial charge >= 0.3 is 0 Å². The first-order valence-electron chi connectivity index (χ1n) is 13.8. The summed E-state index contributed by atoms with van der Waals surface area (Å²) in [6.07, 6.45) is 7.22. The molecule has 3 amide bonds. The molecule has 0 aromatic heterocycles. The third-order valence-electron chi connectivity index (χ3n) is 8.70. The van der Waals surface area contributed by atoms with E-state index in [9.17, 15) is 19.5 Å². The van der Waals surface area contributed by atoms with Crippen LogP contribution in [0.5, 0.6) is 0 Å². The van der Waals surface area contributed by atoms with Gasteiger partial charge in [-0.2, -0.15) is 0 Å². The number of benzene rings is 1. The van der Waals surface area contributed by atoms with E-state index in [1.54, 1.807) is 16.7 Å². The lowest BCUT2D eigenvalue weighted by atomic mass is 9.70. The first kappa shape index (κ1) is 27.0. The van der Waals surface area contributed by atoms with Crippen LogP contribution in [0.15, 0.2) is 30.3 Å². The maximum absolute atomic E-state index is 14.3. The van der Waals surface area contributed by atoms with Gasteiger partial charge in [0, 0.05) is 22.7 Å². The van der Waals surface area contributed by atoms with Gasteiger partial charge in [-0.05, 0) is 37.7 Å².